The van der Waals surface area contributed by atoms with Crippen LogP contribution in [0.3, 0.4) is 0 Å². The van der Waals surface area contributed by atoms with Crippen molar-refractivity contribution in [1.82, 2.24) is 5.32 Å². The zero-order chi connectivity index (χ0) is 5.66. The molecule has 1 N–H and O–H groups in total. The van der Waals surface area contributed by atoms with Gasteiger partial charge < -0.3 is 10.1 Å². The summed E-state index contributed by atoms with van der Waals surface area (Å²) >= 11 is 0. The van der Waals surface area contributed by atoms with Crippen LogP contribution in [-0.4, -0.2) is 26.3 Å². The summed E-state index contributed by atoms with van der Waals surface area (Å²) in [4.78, 5) is 0. The molecule has 0 bridgehead atoms. The number of ether oxygens (including phenoxy) is 1. The number of rotatable bonds is 0. The molecule has 0 aromatic carbocycles. The van der Waals surface area contributed by atoms with Gasteiger partial charge >= 0.3 is 0 Å². The highest BCUT2D eigenvalue weighted by atomic mass is 16.5. The van der Waals surface area contributed by atoms with E-state index in [1.54, 1.807) is 0 Å². The van der Waals surface area contributed by atoms with Crippen molar-refractivity contribution >= 4 is 0 Å². The number of hydrogen-bond acceptors (Lipinski definition) is 2. The lowest BCUT2D eigenvalue weighted by Gasteiger charge is -2.09. The zero-order valence-corrected chi connectivity index (χ0v) is 5.15. The summed E-state index contributed by atoms with van der Waals surface area (Å²) in [7, 11) is 0. The largest absolute Gasteiger partial charge is 0.380 e. The Morgan fingerprint density at radius 3 is 3.00 bits per heavy atom. The Balaban J connectivity index is 2.00. The van der Waals surface area contributed by atoms with Gasteiger partial charge in [0, 0.05) is 13.2 Å². The van der Waals surface area contributed by atoms with E-state index < -0.39 is 0 Å². The maximum atomic E-state index is 5.21. The van der Waals surface area contributed by atoms with E-state index in [9.17, 15) is 0 Å². The van der Waals surface area contributed by atoms with Gasteiger partial charge in [0.15, 0.2) is 0 Å². The molecule has 0 aliphatic carbocycles. The lowest BCUT2D eigenvalue weighted by Crippen LogP contribution is -2.23. The Hall–Kier alpha value is -0.0800. The molecule has 0 radical (unpaired) electrons. The van der Waals surface area contributed by atoms with Crippen LogP contribution in [0, 0.1) is 0 Å². The Morgan fingerprint density at radius 2 is 2.00 bits per heavy atom. The third-order valence-electron chi connectivity index (χ3n) is 1.32. The highest BCUT2D eigenvalue weighted by Crippen LogP contribution is 1.90. The molecule has 48 valence electrons. The molecule has 0 aromatic heterocycles. The van der Waals surface area contributed by atoms with Crippen LogP contribution in [0.25, 0.3) is 0 Å². The molecule has 1 fully saturated rings. The van der Waals surface area contributed by atoms with Gasteiger partial charge in [-0.3, -0.25) is 0 Å². The molecule has 2 heteroatoms. The fraction of sp³-hybridized carbons (Fsp3) is 1.00. The Morgan fingerprint density at radius 1 is 1.00 bits per heavy atom. The first kappa shape index (κ1) is 6.05. The van der Waals surface area contributed by atoms with Gasteiger partial charge in [0.1, 0.15) is 0 Å². The molecule has 0 atom stereocenters. The molecular formula is C6H13NO. The van der Waals surface area contributed by atoms with Gasteiger partial charge in [0.2, 0.25) is 0 Å². The van der Waals surface area contributed by atoms with Crippen LogP contribution in [-0.2, 0) is 4.74 Å². The van der Waals surface area contributed by atoms with E-state index >= 15 is 0 Å². The normalized spacial score (nSPS) is 24.0. The fourth-order valence-electron chi connectivity index (χ4n) is 0.826. The first-order valence-corrected chi connectivity index (χ1v) is 3.28. The maximum absolute atomic E-state index is 5.21. The average molecular weight is 115 g/mol. The van der Waals surface area contributed by atoms with Crippen LogP contribution in [0.5, 0.6) is 0 Å². The van der Waals surface area contributed by atoms with Crippen molar-refractivity contribution < 1.29 is 4.74 Å². The predicted molar refractivity (Wildman–Crippen MR) is 32.9 cm³/mol. The van der Waals surface area contributed by atoms with Crippen molar-refractivity contribution in [2.45, 2.75) is 12.8 Å². The lowest BCUT2D eigenvalue weighted by atomic mass is 10.3. The fourth-order valence-corrected chi connectivity index (χ4v) is 0.826. The molecule has 0 saturated carbocycles. The van der Waals surface area contributed by atoms with E-state index in [-0.39, 0.29) is 0 Å². The molecule has 1 aliphatic heterocycles. The van der Waals surface area contributed by atoms with Crippen molar-refractivity contribution in [3.05, 3.63) is 0 Å². The van der Waals surface area contributed by atoms with E-state index in [1.165, 1.54) is 19.4 Å². The van der Waals surface area contributed by atoms with Gasteiger partial charge in [-0.25, -0.2) is 0 Å². The molecule has 0 spiro atoms. The molecule has 0 unspecified atom stereocenters. The molecule has 0 amide bonds. The predicted octanol–water partition coefficient (Wildman–Crippen LogP) is 0.386. The number of nitrogens with one attached hydrogen (secondary N) is 1. The highest BCUT2D eigenvalue weighted by molar-refractivity contribution is 4.50. The third-order valence-corrected chi connectivity index (χ3v) is 1.32. The second kappa shape index (κ2) is 3.87. The molecular weight excluding hydrogens is 102 g/mol. The molecule has 0 aromatic rings. The van der Waals surface area contributed by atoms with E-state index in [4.69, 9.17) is 4.74 Å². The van der Waals surface area contributed by atoms with Gasteiger partial charge in [-0.2, -0.15) is 0 Å². The molecule has 1 saturated heterocycles. The summed E-state index contributed by atoms with van der Waals surface area (Å²) in [5.74, 6) is 0. The van der Waals surface area contributed by atoms with Crippen molar-refractivity contribution in [2.75, 3.05) is 26.3 Å². The second-order valence-electron chi connectivity index (χ2n) is 2.07. The van der Waals surface area contributed by atoms with Gasteiger partial charge in [-0.15, -0.1) is 0 Å². The van der Waals surface area contributed by atoms with E-state index in [0.717, 1.165) is 19.8 Å². The minimum Gasteiger partial charge on any atom is -0.380 e. The summed E-state index contributed by atoms with van der Waals surface area (Å²) < 4.78 is 5.21. The van der Waals surface area contributed by atoms with E-state index in [1.807, 2.05) is 0 Å². The summed E-state index contributed by atoms with van der Waals surface area (Å²) in [5.41, 5.74) is 0. The first-order chi connectivity index (χ1) is 4.00. The quantitative estimate of drug-likeness (QED) is 0.493. The van der Waals surface area contributed by atoms with Gasteiger partial charge in [-0.05, 0) is 19.4 Å². The van der Waals surface area contributed by atoms with Crippen molar-refractivity contribution in [3.63, 3.8) is 0 Å². The molecule has 1 heterocycles. The average Bonchev–Trinajstić information content (AvgIpc) is 1.62. The lowest BCUT2D eigenvalue weighted by molar-refractivity contribution is 0.123. The Labute approximate surface area is 50.2 Å². The monoisotopic (exact) mass is 115 g/mol. The van der Waals surface area contributed by atoms with Gasteiger partial charge in [0.05, 0.1) is 6.61 Å². The molecule has 2 nitrogen and oxygen atoms in total. The van der Waals surface area contributed by atoms with Crippen molar-refractivity contribution in [2.24, 2.45) is 0 Å². The van der Waals surface area contributed by atoms with Crippen LogP contribution in [0.2, 0.25) is 0 Å². The minimum atomic E-state index is 0.889. The Kier molecular flexibility index (Phi) is 2.92. The topological polar surface area (TPSA) is 21.3 Å². The SMILES string of the molecule is C1CCOCCNC1. The van der Waals surface area contributed by atoms with Crippen LogP contribution in [0.15, 0.2) is 0 Å². The summed E-state index contributed by atoms with van der Waals surface area (Å²) in [6.07, 6.45) is 2.48. The standard InChI is InChI=1S/C6H13NO/c1-2-5-8-6-4-7-3-1/h7H,1-6H2. The minimum absolute atomic E-state index is 0.889. The van der Waals surface area contributed by atoms with Crippen molar-refractivity contribution in [1.29, 1.82) is 0 Å². The second-order valence-corrected chi connectivity index (χ2v) is 2.07. The maximum Gasteiger partial charge on any atom is 0.0590 e. The summed E-state index contributed by atoms with van der Waals surface area (Å²) in [6.45, 7) is 4.05. The number of hydrogen-bond donors (Lipinski definition) is 1. The van der Waals surface area contributed by atoms with Gasteiger partial charge in [-0.1, -0.05) is 0 Å². The summed E-state index contributed by atoms with van der Waals surface area (Å²) in [5, 5.41) is 3.26. The molecule has 1 rings (SSSR count). The smallest absolute Gasteiger partial charge is 0.0590 e. The van der Waals surface area contributed by atoms with Crippen LogP contribution in [0.4, 0.5) is 0 Å². The highest BCUT2D eigenvalue weighted by Gasteiger charge is 1.93. The molecule has 1 aliphatic rings. The van der Waals surface area contributed by atoms with Crippen LogP contribution in [0.1, 0.15) is 12.8 Å². The van der Waals surface area contributed by atoms with Crippen LogP contribution < -0.4 is 5.32 Å². The van der Waals surface area contributed by atoms with Crippen LogP contribution >= 0.6 is 0 Å². The van der Waals surface area contributed by atoms with E-state index in [2.05, 4.69) is 5.32 Å². The Bertz CT molecular complexity index is 32.5. The third kappa shape index (κ3) is 2.28. The zero-order valence-electron chi connectivity index (χ0n) is 5.15. The van der Waals surface area contributed by atoms with E-state index in [0.29, 0.717) is 0 Å². The summed E-state index contributed by atoms with van der Waals surface area (Å²) in [6, 6.07) is 0. The first-order valence-electron chi connectivity index (χ1n) is 3.28. The van der Waals surface area contributed by atoms with Crippen molar-refractivity contribution in [3.8, 4) is 0 Å². The van der Waals surface area contributed by atoms with Gasteiger partial charge in [0.25, 0.3) is 0 Å². The molecule has 8 heavy (non-hydrogen) atoms.